The lowest BCUT2D eigenvalue weighted by Crippen LogP contribution is -2.10. The molecule has 1 aromatic heterocycles. The highest BCUT2D eigenvalue weighted by Gasteiger charge is 2.21. The van der Waals surface area contributed by atoms with Crippen LogP contribution in [0.25, 0.3) is 49.4 Å². The maximum atomic E-state index is 2.41. The molecule has 9 aromatic carbocycles. The third-order valence-corrected chi connectivity index (χ3v) is 10.8. The topological polar surface area (TPSA) is 8.17 Å². The van der Waals surface area contributed by atoms with Gasteiger partial charge in [0.05, 0.1) is 11.0 Å². The minimum Gasteiger partial charge on any atom is -0.310 e. The number of anilines is 3. The maximum absolute atomic E-state index is 2.41. The molecule has 0 fully saturated rings. The Morgan fingerprint density at radius 1 is 0.304 bits per heavy atom. The Morgan fingerprint density at radius 3 is 1.46 bits per heavy atom. The van der Waals surface area contributed by atoms with Crippen molar-refractivity contribution < 1.29 is 0 Å². The summed E-state index contributed by atoms with van der Waals surface area (Å²) < 4.78 is 2.39. The van der Waals surface area contributed by atoms with Crippen LogP contribution in [0.1, 0.15) is 22.3 Å². The van der Waals surface area contributed by atoms with Crippen LogP contribution < -0.4 is 4.90 Å². The van der Waals surface area contributed by atoms with Crippen molar-refractivity contribution >= 4 is 60.8 Å². The van der Waals surface area contributed by atoms with Gasteiger partial charge in [0.15, 0.2) is 0 Å². The van der Waals surface area contributed by atoms with Crippen molar-refractivity contribution in [1.82, 2.24) is 4.57 Å². The molecule has 0 N–H and O–H groups in total. The van der Waals surface area contributed by atoms with Gasteiger partial charge in [-0.2, -0.15) is 0 Å². The molecule has 2 heteroatoms. The molecule has 10 aromatic rings. The summed E-state index contributed by atoms with van der Waals surface area (Å²) in [5, 5.41) is 4.88. The first-order valence-electron chi connectivity index (χ1n) is 19.2. The van der Waals surface area contributed by atoms with E-state index in [2.05, 4.69) is 240 Å². The number of aromatic nitrogens is 1. The number of benzene rings is 9. The number of fused-ring (bicyclic) bond motifs is 4. The second-order valence-corrected chi connectivity index (χ2v) is 14.2. The van der Waals surface area contributed by atoms with Crippen molar-refractivity contribution in [3.05, 3.63) is 253 Å². The summed E-state index contributed by atoms with van der Waals surface area (Å²) in [5.41, 5.74) is 13.8. The summed E-state index contributed by atoms with van der Waals surface area (Å²) in [7, 11) is 0. The van der Waals surface area contributed by atoms with E-state index in [0.29, 0.717) is 0 Å². The van der Waals surface area contributed by atoms with Gasteiger partial charge in [0.1, 0.15) is 0 Å². The van der Waals surface area contributed by atoms with Gasteiger partial charge in [-0.1, -0.05) is 176 Å². The fraction of sp³-hybridized carbons (Fsp3) is 0. The first-order valence-corrected chi connectivity index (χ1v) is 19.2. The van der Waals surface area contributed by atoms with Gasteiger partial charge in [0.2, 0.25) is 0 Å². The smallest absolute Gasteiger partial charge is 0.0561 e. The molecule has 0 saturated carbocycles. The van der Waals surface area contributed by atoms with E-state index < -0.39 is 0 Å². The van der Waals surface area contributed by atoms with E-state index in [1.54, 1.807) is 0 Å². The fourth-order valence-corrected chi connectivity index (χ4v) is 8.24. The summed E-state index contributed by atoms with van der Waals surface area (Å²) in [6.07, 6.45) is 0. The molecule has 0 unspecified atom stereocenters. The quantitative estimate of drug-likeness (QED) is 0.142. The summed E-state index contributed by atoms with van der Waals surface area (Å²) in [5.74, 6) is 0. The predicted molar refractivity (Wildman–Crippen MR) is 237 cm³/mol. The summed E-state index contributed by atoms with van der Waals surface area (Å²) in [4.78, 5) is 2.41. The van der Waals surface area contributed by atoms with Gasteiger partial charge in [-0.25, -0.2) is 0 Å². The number of para-hydroxylation sites is 2. The van der Waals surface area contributed by atoms with Crippen LogP contribution in [-0.2, 0) is 0 Å². The molecule has 0 aliphatic rings. The zero-order chi connectivity index (χ0) is 37.3. The highest BCUT2D eigenvalue weighted by molar-refractivity contribution is 6.11. The van der Waals surface area contributed by atoms with Crippen molar-refractivity contribution in [2.75, 3.05) is 4.90 Å². The van der Waals surface area contributed by atoms with Crippen LogP contribution in [0, 0.1) is 0 Å². The van der Waals surface area contributed by atoms with E-state index in [1.165, 1.54) is 54.9 Å². The average Bonchev–Trinajstić information content (AvgIpc) is 3.60. The molecule has 0 bridgehead atoms. The van der Waals surface area contributed by atoms with Crippen molar-refractivity contribution in [3.63, 3.8) is 0 Å². The Hall–Kier alpha value is -7.42. The highest BCUT2D eigenvalue weighted by atomic mass is 15.1. The molecule has 0 aliphatic carbocycles. The number of nitrogens with zero attached hydrogens (tertiary/aromatic N) is 2. The van der Waals surface area contributed by atoms with Crippen LogP contribution in [0.15, 0.2) is 231 Å². The second kappa shape index (κ2) is 14.4. The molecular formula is C54H38N2. The van der Waals surface area contributed by atoms with Gasteiger partial charge in [-0.3, -0.25) is 0 Å². The van der Waals surface area contributed by atoms with Crippen LogP contribution in [-0.4, -0.2) is 4.57 Å². The number of hydrogen-bond acceptors (Lipinski definition) is 1. The molecule has 10 rings (SSSR count). The average molecular weight is 715 g/mol. The van der Waals surface area contributed by atoms with Gasteiger partial charge in [-0.05, 0) is 98.8 Å². The Kier molecular flexibility index (Phi) is 8.55. The molecule has 0 atom stereocenters. The van der Waals surface area contributed by atoms with E-state index in [9.17, 15) is 0 Å². The van der Waals surface area contributed by atoms with Crippen LogP contribution in [0.5, 0.6) is 0 Å². The molecule has 0 saturated heterocycles. The Balaban J connectivity index is 1.24. The van der Waals surface area contributed by atoms with Crippen LogP contribution in [0.3, 0.4) is 0 Å². The molecule has 0 spiro atoms. The van der Waals surface area contributed by atoms with Gasteiger partial charge in [-0.15, -0.1) is 0 Å². The van der Waals surface area contributed by atoms with Crippen LogP contribution in [0.4, 0.5) is 17.1 Å². The standard InChI is InChI=1S/C54H38N2/c1-5-19-40(20-6-1)53(41-21-7-2-8-22-41)54(42-23-9-3-10-24-42)44-26-17-29-46(37-44)55(47-33-32-39-18-13-14-25-43(39)36-47)48-34-35-50-49-30-15-16-31-51(49)56(52(50)38-48)45-27-11-4-12-28-45/h1-38H. The minimum absolute atomic E-state index is 1.08. The normalized spacial score (nSPS) is 11.2. The van der Waals surface area contributed by atoms with Gasteiger partial charge in [0.25, 0.3) is 0 Å². The molecule has 264 valence electrons. The fourth-order valence-electron chi connectivity index (χ4n) is 8.24. The number of hydrogen-bond donors (Lipinski definition) is 0. The lowest BCUT2D eigenvalue weighted by molar-refractivity contribution is 1.18. The SMILES string of the molecule is c1ccc(C(=C(c2ccccc2)c2cccc(N(c3ccc4ccccc4c3)c3ccc4c5ccccc5n(-c5ccccc5)c4c3)c2)c2ccccc2)cc1. The monoisotopic (exact) mass is 714 g/mol. The Bertz CT molecular complexity index is 2960. The van der Waals surface area contributed by atoms with Gasteiger partial charge >= 0.3 is 0 Å². The zero-order valence-electron chi connectivity index (χ0n) is 30.8. The van der Waals surface area contributed by atoms with Crippen molar-refractivity contribution in [2.24, 2.45) is 0 Å². The van der Waals surface area contributed by atoms with Crippen LogP contribution >= 0.6 is 0 Å². The largest absolute Gasteiger partial charge is 0.310 e. The van der Waals surface area contributed by atoms with Crippen molar-refractivity contribution in [2.45, 2.75) is 0 Å². The summed E-state index contributed by atoms with van der Waals surface area (Å²) in [6.45, 7) is 0. The van der Waals surface area contributed by atoms with Gasteiger partial charge in [0, 0.05) is 33.5 Å². The molecular weight excluding hydrogens is 677 g/mol. The van der Waals surface area contributed by atoms with E-state index in [1.807, 2.05) is 0 Å². The van der Waals surface area contributed by atoms with E-state index in [-0.39, 0.29) is 0 Å². The molecule has 0 aliphatic heterocycles. The van der Waals surface area contributed by atoms with Gasteiger partial charge < -0.3 is 9.47 Å². The van der Waals surface area contributed by atoms with E-state index in [4.69, 9.17) is 0 Å². The first-order chi connectivity index (χ1) is 27.8. The van der Waals surface area contributed by atoms with Crippen molar-refractivity contribution in [1.29, 1.82) is 0 Å². The van der Waals surface area contributed by atoms with E-state index >= 15 is 0 Å². The summed E-state index contributed by atoms with van der Waals surface area (Å²) in [6, 6.07) is 83.2. The third kappa shape index (κ3) is 6.04. The Labute approximate surface area is 327 Å². The molecule has 2 nitrogen and oxygen atoms in total. The van der Waals surface area contributed by atoms with E-state index in [0.717, 1.165) is 33.8 Å². The summed E-state index contributed by atoms with van der Waals surface area (Å²) >= 11 is 0. The Morgan fingerprint density at radius 2 is 0.786 bits per heavy atom. The minimum atomic E-state index is 1.08. The van der Waals surface area contributed by atoms with Crippen molar-refractivity contribution in [3.8, 4) is 5.69 Å². The molecule has 1 heterocycles. The zero-order valence-corrected chi connectivity index (χ0v) is 30.8. The van der Waals surface area contributed by atoms with Crippen LogP contribution in [0.2, 0.25) is 0 Å². The molecule has 0 radical (unpaired) electrons. The number of rotatable bonds is 8. The maximum Gasteiger partial charge on any atom is 0.0561 e. The second-order valence-electron chi connectivity index (χ2n) is 14.2. The predicted octanol–water partition coefficient (Wildman–Crippen LogP) is 14.4. The third-order valence-electron chi connectivity index (χ3n) is 10.8. The highest BCUT2D eigenvalue weighted by Crippen LogP contribution is 2.43. The first kappa shape index (κ1) is 33.2. The molecule has 0 amide bonds. The lowest BCUT2D eigenvalue weighted by Gasteiger charge is -2.27. The molecule has 56 heavy (non-hydrogen) atoms. The lowest BCUT2D eigenvalue weighted by atomic mass is 9.85.